The third-order valence-electron chi connectivity index (χ3n) is 5.15. The summed E-state index contributed by atoms with van der Waals surface area (Å²) in [5, 5.41) is 11.1. The summed E-state index contributed by atoms with van der Waals surface area (Å²) in [6, 6.07) is 4.60. The number of rotatable bonds is 11. The van der Waals surface area contributed by atoms with Gasteiger partial charge in [-0.3, -0.25) is 0 Å². The van der Waals surface area contributed by atoms with Crippen LogP contribution in [0.3, 0.4) is 0 Å². The maximum absolute atomic E-state index is 12.4. The molecular formula is C25H29N3O9. The smallest absolute Gasteiger partial charge is 0.356 e. The average Bonchev–Trinajstić information content (AvgIpc) is 2.86. The van der Waals surface area contributed by atoms with Gasteiger partial charge in [0, 0.05) is 28.5 Å². The van der Waals surface area contributed by atoms with Gasteiger partial charge in [0.25, 0.3) is 5.09 Å². The maximum Gasteiger partial charge on any atom is 0.356 e. The van der Waals surface area contributed by atoms with E-state index in [1.165, 1.54) is 26.4 Å². The summed E-state index contributed by atoms with van der Waals surface area (Å²) in [5.41, 5.74) is 0.344. The molecule has 0 saturated heterocycles. The van der Waals surface area contributed by atoms with Crippen LogP contribution in [-0.2, 0) is 20.9 Å². The number of esters is 2. The number of ether oxygens (including phenoxy) is 4. The van der Waals surface area contributed by atoms with Crippen LogP contribution in [0.15, 0.2) is 18.2 Å². The van der Waals surface area contributed by atoms with Crippen LogP contribution in [0.2, 0.25) is 0 Å². The Morgan fingerprint density at radius 1 is 0.838 bits per heavy atom. The number of nitrogens with zero attached hydrogens (tertiary/aromatic N) is 3. The number of fused-ring (bicyclic) bond motifs is 2. The quantitative estimate of drug-likeness (QED) is 0.157. The van der Waals surface area contributed by atoms with Gasteiger partial charge in [0.15, 0.2) is 11.4 Å². The SMILES string of the molecule is COC(=O)c1cc(OCC(C)C)c2cc3c(OCC(C)C)cc(C(=O)OC)nc3c(CO[N+](=O)[O-])c2n1. The minimum Gasteiger partial charge on any atom is -0.493 e. The molecule has 0 fully saturated rings. The Morgan fingerprint density at radius 3 is 1.62 bits per heavy atom. The summed E-state index contributed by atoms with van der Waals surface area (Å²) < 4.78 is 21.7. The topological polar surface area (TPSA) is 149 Å². The van der Waals surface area contributed by atoms with Crippen LogP contribution in [-0.4, -0.2) is 54.4 Å². The molecule has 0 aliphatic rings. The van der Waals surface area contributed by atoms with Crippen molar-refractivity contribution < 1.29 is 38.5 Å². The molecular weight excluding hydrogens is 486 g/mol. The Balaban J connectivity index is 2.46. The number of methoxy groups -OCH3 is 2. The molecule has 0 saturated carbocycles. The van der Waals surface area contributed by atoms with Crippen molar-refractivity contribution in [2.45, 2.75) is 34.3 Å². The van der Waals surface area contributed by atoms with Crippen LogP contribution in [0.25, 0.3) is 21.8 Å². The van der Waals surface area contributed by atoms with Gasteiger partial charge < -0.3 is 23.8 Å². The van der Waals surface area contributed by atoms with Crippen LogP contribution >= 0.6 is 0 Å². The van der Waals surface area contributed by atoms with Crippen molar-refractivity contribution in [3.05, 3.63) is 45.3 Å². The van der Waals surface area contributed by atoms with E-state index in [9.17, 15) is 19.7 Å². The number of carbonyl (C=O) groups is 2. The third-order valence-corrected chi connectivity index (χ3v) is 5.15. The Bertz CT molecular complexity index is 1250. The molecule has 0 N–H and O–H groups in total. The third kappa shape index (κ3) is 6.32. The predicted molar refractivity (Wildman–Crippen MR) is 132 cm³/mol. The average molecular weight is 516 g/mol. The van der Waals surface area contributed by atoms with Gasteiger partial charge in [-0.15, -0.1) is 10.1 Å². The number of carbonyl (C=O) groups excluding carboxylic acids is 2. The molecule has 0 aliphatic carbocycles. The van der Waals surface area contributed by atoms with Gasteiger partial charge >= 0.3 is 11.9 Å². The minimum absolute atomic E-state index is 0.0733. The Kier molecular flexibility index (Phi) is 8.64. The van der Waals surface area contributed by atoms with Gasteiger partial charge in [0.1, 0.15) is 18.1 Å². The van der Waals surface area contributed by atoms with Gasteiger partial charge in [-0.05, 0) is 17.9 Å². The van der Waals surface area contributed by atoms with Crippen LogP contribution < -0.4 is 9.47 Å². The molecule has 3 rings (SSSR count). The molecule has 3 aromatic rings. The monoisotopic (exact) mass is 515 g/mol. The summed E-state index contributed by atoms with van der Waals surface area (Å²) in [7, 11) is 2.42. The molecule has 37 heavy (non-hydrogen) atoms. The molecule has 12 nitrogen and oxygen atoms in total. The van der Waals surface area contributed by atoms with E-state index < -0.39 is 23.6 Å². The van der Waals surface area contributed by atoms with Crippen molar-refractivity contribution >= 4 is 33.7 Å². The molecule has 2 heterocycles. The normalized spacial score (nSPS) is 11.1. The number of aromatic nitrogens is 2. The van der Waals surface area contributed by atoms with Crippen molar-refractivity contribution in [3.8, 4) is 11.5 Å². The Hall–Kier alpha value is -4.22. The van der Waals surface area contributed by atoms with E-state index in [1.807, 2.05) is 27.7 Å². The van der Waals surface area contributed by atoms with E-state index in [0.717, 1.165) is 0 Å². The second-order valence-corrected chi connectivity index (χ2v) is 9.05. The number of benzene rings is 1. The lowest BCUT2D eigenvalue weighted by Gasteiger charge is -2.18. The lowest BCUT2D eigenvalue weighted by Crippen LogP contribution is -2.12. The molecule has 0 bridgehead atoms. The summed E-state index contributed by atoms with van der Waals surface area (Å²) in [6.45, 7) is 7.95. The second-order valence-electron chi connectivity index (χ2n) is 9.05. The molecule has 0 radical (unpaired) electrons. The first-order chi connectivity index (χ1) is 17.5. The Morgan fingerprint density at radius 2 is 1.27 bits per heavy atom. The number of pyridine rings is 2. The van der Waals surface area contributed by atoms with Crippen LogP contribution in [0.5, 0.6) is 11.5 Å². The van der Waals surface area contributed by atoms with E-state index >= 15 is 0 Å². The zero-order valence-electron chi connectivity index (χ0n) is 21.5. The maximum atomic E-state index is 12.4. The zero-order chi connectivity index (χ0) is 27.3. The van der Waals surface area contributed by atoms with Gasteiger partial charge in [-0.25, -0.2) is 19.6 Å². The Labute approximate surface area is 212 Å². The zero-order valence-corrected chi connectivity index (χ0v) is 21.5. The molecule has 12 heteroatoms. The highest BCUT2D eigenvalue weighted by atomic mass is 16.9. The van der Waals surface area contributed by atoms with Crippen molar-refractivity contribution in [3.63, 3.8) is 0 Å². The summed E-state index contributed by atoms with van der Waals surface area (Å²) in [5.74, 6) is -0.497. The van der Waals surface area contributed by atoms with Crippen molar-refractivity contribution in [2.24, 2.45) is 11.8 Å². The largest absolute Gasteiger partial charge is 0.493 e. The minimum atomic E-state index is -0.953. The molecule has 198 valence electrons. The van der Waals surface area contributed by atoms with Gasteiger partial charge in [-0.1, -0.05) is 27.7 Å². The fraction of sp³-hybridized carbons (Fsp3) is 0.440. The summed E-state index contributed by atoms with van der Waals surface area (Å²) >= 11 is 0. The second kappa shape index (κ2) is 11.7. The fourth-order valence-corrected chi connectivity index (χ4v) is 3.48. The predicted octanol–water partition coefficient (Wildman–Crippen LogP) is 4.13. The van der Waals surface area contributed by atoms with Crippen LogP contribution in [0, 0.1) is 22.0 Å². The molecule has 0 amide bonds. The summed E-state index contributed by atoms with van der Waals surface area (Å²) in [4.78, 5) is 49.4. The molecule has 0 unspecified atom stereocenters. The van der Waals surface area contributed by atoms with Crippen molar-refractivity contribution in [1.29, 1.82) is 0 Å². The van der Waals surface area contributed by atoms with Gasteiger partial charge in [0.05, 0.1) is 38.5 Å². The van der Waals surface area contributed by atoms with E-state index in [0.29, 0.717) is 35.5 Å². The molecule has 0 spiro atoms. The first kappa shape index (κ1) is 27.4. The number of hydrogen-bond donors (Lipinski definition) is 0. The lowest BCUT2D eigenvalue weighted by molar-refractivity contribution is -0.762. The standard InChI is InChI=1S/C25H29N3O9/c1-13(2)10-35-20-8-18(24(29)33-5)26-22-15(20)7-16-21(36-11-14(3)4)9-19(25(30)34-6)27-23(16)17(22)12-37-28(31)32/h7-9,13-14H,10-12H2,1-6H3. The van der Waals surface area contributed by atoms with E-state index in [4.69, 9.17) is 23.8 Å². The van der Waals surface area contributed by atoms with Gasteiger partial charge in [-0.2, -0.15) is 0 Å². The fourth-order valence-electron chi connectivity index (χ4n) is 3.48. The highest BCUT2D eigenvalue weighted by molar-refractivity contribution is 6.06. The lowest BCUT2D eigenvalue weighted by atomic mass is 10.0. The molecule has 0 atom stereocenters. The summed E-state index contributed by atoms with van der Waals surface area (Å²) in [6.07, 6.45) is 0. The van der Waals surface area contributed by atoms with Crippen molar-refractivity contribution in [2.75, 3.05) is 27.4 Å². The molecule has 1 aromatic carbocycles. The van der Waals surface area contributed by atoms with E-state index in [-0.39, 0.29) is 39.8 Å². The molecule has 0 aliphatic heterocycles. The van der Waals surface area contributed by atoms with Crippen LogP contribution in [0.4, 0.5) is 0 Å². The van der Waals surface area contributed by atoms with E-state index in [1.54, 1.807) is 6.07 Å². The highest BCUT2D eigenvalue weighted by Crippen LogP contribution is 2.38. The first-order valence-electron chi connectivity index (χ1n) is 11.6. The van der Waals surface area contributed by atoms with E-state index in [2.05, 4.69) is 9.97 Å². The number of hydrogen-bond acceptors (Lipinski definition) is 11. The van der Waals surface area contributed by atoms with Crippen LogP contribution in [0.1, 0.15) is 54.2 Å². The van der Waals surface area contributed by atoms with Crippen molar-refractivity contribution in [1.82, 2.24) is 9.97 Å². The molecule has 2 aromatic heterocycles. The van der Waals surface area contributed by atoms with Gasteiger partial charge in [0.2, 0.25) is 0 Å². The first-order valence-corrected chi connectivity index (χ1v) is 11.6. The highest BCUT2D eigenvalue weighted by Gasteiger charge is 2.23.